The zero-order valence-electron chi connectivity index (χ0n) is 10.6. The van der Waals surface area contributed by atoms with E-state index in [1.165, 1.54) is 0 Å². The van der Waals surface area contributed by atoms with Crippen molar-refractivity contribution in [2.24, 2.45) is 10.7 Å². The topological polar surface area (TPSA) is 79.5 Å². The van der Waals surface area contributed by atoms with Crippen molar-refractivity contribution in [3.8, 4) is 0 Å². The molecule has 0 spiro atoms. The van der Waals surface area contributed by atoms with Crippen molar-refractivity contribution < 1.29 is 22.4 Å². The van der Waals surface area contributed by atoms with E-state index in [-0.39, 0.29) is 35.6 Å². The van der Waals surface area contributed by atoms with Gasteiger partial charge >= 0.3 is 0 Å². The van der Waals surface area contributed by atoms with E-state index in [0.717, 1.165) is 18.2 Å². The van der Waals surface area contributed by atoms with Gasteiger partial charge in [-0.05, 0) is 12.1 Å². The van der Waals surface area contributed by atoms with Crippen LogP contribution in [-0.2, 0) is 4.79 Å². The van der Waals surface area contributed by atoms with Crippen LogP contribution in [-0.4, -0.2) is 31.4 Å². The number of nitrogens with zero attached hydrogens (tertiary/aromatic N) is 1. The Morgan fingerprint density at radius 3 is 2.62 bits per heavy atom. The lowest BCUT2D eigenvalue weighted by Crippen LogP contribution is -2.32. The summed E-state index contributed by atoms with van der Waals surface area (Å²) in [5, 5.41) is 4.16. The number of alkyl halides is 2. The highest BCUT2D eigenvalue weighted by Gasteiger charge is 2.07. The Labute approximate surface area is 135 Å². The molecular weight excluding hydrogens is 407 g/mol. The van der Waals surface area contributed by atoms with Gasteiger partial charge < -0.3 is 16.4 Å². The third kappa shape index (κ3) is 7.68. The first-order valence-electron chi connectivity index (χ1n) is 5.45. The molecule has 0 bridgehead atoms. The highest BCUT2D eigenvalue weighted by atomic mass is 127. The highest BCUT2D eigenvalue weighted by Crippen LogP contribution is 2.14. The smallest absolute Gasteiger partial charge is 0.255 e. The lowest BCUT2D eigenvalue weighted by Gasteiger charge is -2.07. The van der Waals surface area contributed by atoms with Gasteiger partial charge in [-0.2, -0.15) is 0 Å². The van der Waals surface area contributed by atoms with Gasteiger partial charge in [0.05, 0.1) is 12.2 Å². The number of amides is 1. The van der Waals surface area contributed by atoms with Gasteiger partial charge in [0.15, 0.2) is 5.96 Å². The van der Waals surface area contributed by atoms with Gasteiger partial charge in [0.2, 0.25) is 5.91 Å². The minimum atomic E-state index is -2.67. The summed E-state index contributed by atoms with van der Waals surface area (Å²) < 4.78 is 49.7. The molecule has 0 aliphatic rings. The molecule has 4 N–H and O–H groups in total. The molecule has 1 aromatic rings. The Morgan fingerprint density at radius 2 is 2.00 bits per heavy atom. The molecule has 0 fully saturated rings. The minimum Gasteiger partial charge on any atom is -0.370 e. The van der Waals surface area contributed by atoms with Crippen LogP contribution in [0.4, 0.5) is 23.2 Å². The molecule has 10 heteroatoms. The molecule has 0 saturated carbocycles. The molecule has 0 heterocycles. The summed E-state index contributed by atoms with van der Waals surface area (Å²) >= 11 is 0. The molecule has 0 unspecified atom stereocenters. The Hall–Kier alpha value is -1.59. The van der Waals surface area contributed by atoms with Crippen molar-refractivity contribution in [1.82, 2.24) is 5.32 Å². The molecule has 0 aliphatic carbocycles. The third-order valence-corrected chi connectivity index (χ3v) is 2.04. The monoisotopic (exact) mass is 420 g/mol. The standard InChI is InChI=1S/C11H12F4N4O.HI/c12-6-1-2-7(13)8(3-6)19-11(16)18-5-10(20)17-4-9(14)15;/h1-3,9H,4-5H2,(H,17,20)(H3,16,18,19);1H. The van der Waals surface area contributed by atoms with Crippen molar-refractivity contribution in [1.29, 1.82) is 0 Å². The average Bonchev–Trinajstić information content (AvgIpc) is 2.38. The number of guanidine groups is 1. The fourth-order valence-electron chi connectivity index (χ4n) is 1.17. The van der Waals surface area contributed by atoms with Crippen LogP contribution in [0.15, 0.2) is 23.2 Å². The van der Waals surface area contributed by atoms with E-state index in [9.17, 15) is 22.4 Å². The summed E-state index contributed by atoms with van der Waals surface area (Å²) in [5.41, 5.74) is 5.10. The van der Waals surface area contributed by atoms with Gasteiger partial charge in [0, 0.05) is 6.07 Å². The number of nitrogens with two attached hydrogens (primary N) is 1. The summed E-state index contributed by atoms with van der Waals surface area (Å²) in [6.07, 6.45) is -2.67. The van der Waals surface area contributed by atoms with Crippen LogP contribution >= 0.6 is 24.0 Å². The molecule has 0 saturated heterocycles. The summed E-state index contributed by atoms with van der Waals surface area (Å²) in [5.74, 6) is -2.56. The Bertz CT molecular complexity index is 513. The van der Waals surface area contributed by atoms with Gasteiger partial charge in [-0.25, -0.2) is 22.6 Å². The molecule has 1 aromatic carbocycles. The van der Waals surface area contributed by atoms with Crippen LogP contribution < -0.4 is 16.4 Å². The first kappa shape index (κ1) is 19.4. The lowest BCUT2D eigenvalue weighted by atomic mass is 10.3. The number of aliphatic imine (C=N–C) groups is 1. The van der Waals surface area contributed by atoms with Crippen molar-refractivity contribution >= 4 is 41.5 Å². The van der Waals surface area contributed by atoms with Crippen molar-refractivity contribution in [2.45, 2.75) is 6.43 Å². The van der Waals surface area contributed by atoms with E-state index in [1.54, 1.807) is 0 Å². The zero-order valence-corrected chi connectivity index (χ0v) is 12.9. The number of hydrogen-bond acceptors (Lipinski definition) is 2. The number of carbonyl (C=O) groups excluding carboxylic acids is 1. The van der Waals surface area contributed by atoms with E-state index in [0.29, 0.717) is 0 Å². The van der Waals surface area contributed by atoms with Crippen molar-refractivity contribution in [3.05, 3.63) is 29.8 Å². The molecule has 5 nitrogen and oxygen atoms in total. The summed E-state index contributed by atoms with van der Waals surface area (Å²) in [6, 6.07) is 2.67. The summed E-state index contributed by atoms with van der Waals surface area (Å²) in [7, 11) is 0. The Kier molecular flexibility index (Phi) is 8.66. The molecule has 21 heavy (non-hydrogen) atoms. The first-order chi connectivity index (χ1) is 9.38. The lowest BCUT2D eigenvalue weighted by molar-refractivity contribution is -0.120. The largest absolute Gasteiger partial charge is 0.370 e. The third-order valence-electron chi connectivity index (χ3n) is 2.04. The Morgan fingerprint density at radius 1 is 1.33 bits per heavy atom. The second-order valence-corrected chi connectivity index (χ2v) is 3.65. The van der Waals surface area contributed by atoms with Crippen LogP contribution in [0.3, 0.4) is 0 Å². The SMILES string of the molecule is I.NC(=NCC(=O)NCC(F)F)Nc1cc(F)ccc1F. The van der Waals surface area contributed by atoms with Gasteiger partial charge in [0.25, 0.3) is 6.43 Å². The minimum absolute atomic E-state index is 0. The number of carbonyl (C=O) groups is 1. The molecule has 1 amide bonds. The number of anilines is 1. The average molecular weight is 420 g/mol. The van der Waals surface area contributed by atoms with E-state index in [4.69, 9.17) is 5.73 Å². The van der Waals surface area contributed by atoms with Gasteiger partial charge in [-0.15, -0.1) is 24.0 Å². The number of nitrogens with one attached hydrogen (secondary N) is 2. The maximum Gasteiger partial charge on any atom is 0.255 e. The Balaban J connectivity index is 0.00000400. The van der Waals surface area contributed by atoms with Crippen molar-refractivity contribution in [2.75, 3.05) is 18.4 Å². The summed E-state index contributed by atoms with van der Waals surface area (Å²) in [4.78, 5) is 14.6. The number of benzene rings is 1. The van der Waals surface area contributed by atoms with E-state index >= 15 is 0 Å². The first-order valence-corrected chi connectivity index (χ1v) is 5.45. The van der Waals surface area contributed by atoms with Crippen LogP contribution in [0, 0.1) is 11.6 Å². The van der Waals surface area contributed by atoms with Gasteiger partial charge in [0.1, 0.15) is 18.2 Å². The predicted molar refractivity (Wildman–Crippen MR) is 80.9 cm³/mol. The maximum atomic E-state index is 13.2. The normalized spacial score (nSPS) is 11.0. The second kappa shape index (κ2) is 9.37. The van der Waals surface area contributed by atoms with E-state index in [2.05, 4.69) is 10.3 Å². The fraction of sp³-hybridized carbons (Fsp3) is 0.273. The number of halogens is 5. The van der Waals surface area contributed by atoms with E-state index in [1.807, 2.05) is 5.32 Å². The maximum absolute atomic E-state index is 13.2. The second-order valence-electron chi connectivity index (χ2n) is 3.65. The van der Waals surface area contributed by atoms with Crippen LogP contribution in [0.25, 0.3) is 0 Å². The van der Waals surface area contributed by atoms with Crippen LogP contribution in [0.1, 0.15) is 0 Å². The molecule has 0 radical (unpaired) electrons. The fourth-order valence-corrected chi connectivity index (χ4v) is 1.17. The van der Waals surface area contributed by atoms with Crippen molar-refractivity contribution in [3.63, 3.8) is 0 Å². The van der Waals surface area contributed by atoms with E-state index < -0.39 is 37.1 Å². The zero-order chi connectivity index (χ0) is 15.1. The summed E-state index contributed by atoms with van der Waals surface area (Å²) in [6.45, 7) is -1.30. The quantitative estimate of drug-likeness (QED) is 0.294. The molecule has 0 atom stereocenters. The van der Waals surface area contributed by atoms with Crippen LogP contribution in [0.2, 0.25) is 0 Å². The van der Waals surface area contributed by atoms with Gasteiger partial charge in [-0.3, -0.25) is 4.79 Å². The molecule has 0 aromatic heterocycles. The highest BCUT2D eigenvalue weighted by molar-refractivity contribution is 14.0. The molecule has 0 aliphatic heterocycles. The molecule has 1 rings (SSSR count). The molecular formula is C11H13F4IN4O. The number of rotatable bonds is 5. The predicted octanol–water partition coefficient (Wildman–Crippen LogP) is 1.69. The van der Waals surface area contributed by atoms with Crippen LogP contribution in [0.5, 0.6) is 0 Å². The van der Waals surface area contributed by atoms with Gasteiger partial charge in [-0.1, -0.05) is 0 Å². The number of hydrogen-bond donors (Lipinski definition) is 3. The molecule has 118 valence electrons.